The Labute approximate surface area is 136 Å². The number of nitrogens with one attached hydrogen (secondary N) is 2. The minimum absolute atomic E-state index is 0.387. The van der Waals surface area contributed by atoms with Crippen LogP contribution in [0.5, 0.6) is 0 Å². The van der Waals surface area contributed by atoms with Gasteiger partial charge in [-0.1, -0.05) is 0 Å². The molecule has 23 heavy (non-hydrogen) atoms. The molecule has 0 aliphatic rings. The van der Waals surface area contributed by atoms with Crippen molar-refractivity contribution in [2.75, 3.05) is 24.1 Å². The molecule has 0 fully saturated rings. The van der Waals surface area contributed by atoms with Gasteiger partial charge in [0.2, 0.25) is 0 Å². The molecule has 1 amide bonds. The van der Waals surface area contributed by atoms with E-state index in [1.165, 1.54) is 0 Å². The number of fused-ring (bicyclic) bond motifs is 1. The molecule has 1 aromatic heterocycles. The Morgan fingerprint density at radius 1 is 1.22 bits per heavy atom. The van der Waals surface area contributed by atoms with Gasteiger partial charge >= 0.3 is 6.09 Å². The van der Waals surface area contributed by atoms with Crippen molar-refractivity contribution in [1.82, 2.24) is 10.3 Å². The molecule has 0 spiro atoms. The lowest BCUT2D eigenvalue weighted by molar-refractivity contribution is 0.0528. The molecule has 2 aromatic rings. The lowest BCUT2D eigenvalue weighted by Crippen LogP contribution is -2.33. The van der Waals surface area contributed by atoms with Crippen LogP contribution in [0.25, 0.3) is 10.8 Å². The molecular formula is C17H24N4O2. The fourth-order valence-corrected chi connectivity index (χ4v) is 2.18. The van der Waals surface area contributed by atoms with Gasteiger partial charge in [0.15, 0.2) is 0 Å². The molecule has 0 saturated carbocycles. The number of alkyl carbamates (subject to hydrolysis) is 1. The molecule has 0 saturated heterocycles. The molecule has 1 heterocycles. The average Bonchev–Trinajstić information content (AvgIpc) is 2.47. The van der Waals surface area contributed by atoms with Gasteiger partial charge in [0, 0.05) is 47.6 Å². The van der Waals surface area contributed by atoms with E-state index in [0.717, 1.165) is 29.4 Å². The van der Waals surface area contributed by atoms with Crippen LogP contribution in [0.4, 0.5) is 16.2 Å². The molecule has 6 nitrogen and oxygen atoms in total. The first-order valence-electron chi connectivity index (χ1n) is 7.70. The van der Waals surface area contributed by atoms with Crippen molar-refractivity contribution in [3.05, 3.63) is 30.6 Å². The lowest BCUT2D eigenvalue weighted by atomic mass is 10.1. The minimum atomic E-state index is -0.473. The van der Waals surface area contributed by atoms with Crippen molar-refractivity contribution in [3.8, 4) is 0 Å². The number of nitrogens with two attached hydrogens (primary N) is 1. The number of pyridine rings is 1. The fourth-order valence-electron chi connectivity index (χ4n) is 2.18. The molecule has 2 rings (SSSR count). The predicted octanol–water partition coefficient (Wildman–Crippen LogP) is 3.14. The number of nitrogen functional groups attached to an aromatic ring is 1. The number of amides is 1. The van der Waals surface area contributed by atoms with Crippen molar-refractivity contribution >= 4 is 28.2 Å². The van der Waals surface area contributed by atoms with Crippen LogP contribution >= 0.6 is 0 Å². The summed E-state index contributed by atoms with van der Waals surface area (Å²) in [5.74, 6) is 0. The fraction of sp³-hybridized carbons (Fsp3) is 0.412. The van der Waals surface area contributed by atoms with Crippen LogP contribution in [0.3, 0.4) is 0 Å². The third kappa shape index (κ3) is 5.02. The number of rotatable bonds is 5. The van der Waals surface area contributed by atoms with Gasteiger partial charge in [0.1, 0.15) is 5.60 Å². The third-order valence-electron chi connectivity index (χ3n) is 3.19. The summed E-state index contributed by atoms with van der Waals surface area (Å²) in [6.07, 6.45) is 3.91. The Morgan fingerprint density at radius 2 is 2.00 bits per heavy atom. The lowest BCUT2D eigenvalue weighted by Gasteiger charge is -2.19. The van der Waals surface area contributed by atoms with Crippen LogP contribution in [0.2, 0.25) is 0 Å². The van der Waals surface area contributed by atoms with Crippen molar-refractivity contribution in [2.45, 2.75) is 32.8 Å². The highest BCUT2D eigenvalue weighted by Crippen LogP contribution is 2.27. The number of aromatic nitrogens is 1. The zero-order valence-electron chi connectivity index (χ0n) is 13.8. The maximum absolute atomic E-state index is 11.5. The van der Waals surface area contributed by atoms with Crippen molar-refractivity contribution in [1.29, 1.82) is 0 Å². The standard InChI is InChI=1S/C17H24N4O2/c1-17(2,3)23-16(22)21-9-4-8-20-15-6-5-14(18)13-11-19-10-7-12(13)15/h5-7,10-11,20H,4,8-9,18H2,1-3H3,(H,21,22). The second-order valence-electron chi connectivity index (χ2n) is 6.33. The monoisotopic (exact) mass is 316 g/mol. The van der Waals surface area contributed by atoms with E-state index in [1.54, 1.807) is 12.4 Å². The zero-order valence-corrected chi connectivity index (χ0v) is 13.8. The number of carbonyl (C=O) groups excluding carboxylic acids is 1. The van der Waals surface area contributed by atoms with Crippen LogP contribution < -0.4 is 16.4 Å². The average molecular weight is 316 g/mol. The molecule has 0 bridgehead atoms. The summed E-state index contributed by atoms with van der Waals surface area (Å²) in [7, 11) is 0. The highest BCUT2D eigenvalue weighted by Gasteiger charge is 2.15. The van der Waals surface area contributed by atoms with E-state index in [1.807, 2.05) is 39.0 Å². The van der Waals surface area contributed by atoms with Gasteiger partial charge in [-0.05, 0) is 45.4 Å². The maximum atomic E-state index is 11.5. The molecule has 0 unspecified atom stereocenters. The van der Waals surface area contributed by atoms with Crippen LogP contribution in [0.1, 0.15) is 27.2 Å². The Hall–Kier alpha value is -2.50. The number of benzene rings is 1. The summed E-state index contributed by atoms with van der Waals surface area (Å²) in [5, 5.41) is 8.08. The largest absolute Gasteiger partial charge is 0.444 e. The summed E-state index contributed by atoms with van der Waals surface area (Å²) in [6, 6.07) is 5.76. The Kier molecular flexibility index (Phi) is 5.26. The molecular weight excluding hydrogens is 292 g/mol. The highest BCUT2D eigenvalue weighted by molar-refractivity contribution is 6.00. The highest BCUT2D eigenvalue weighted by atomic mass is 16.6. The van der Waals surface area contributed by atoms with Crippen molar-refractivity contribution in [3.63, 3.8) is 0 Å². The van der Waals surface area contributed by atoms with Crippen LogP contribution in [-0.4, -0.2) is 29.8 Å². The quantitative estimate of drug-likeness (QED) is 0.582. The summed E-state index contributed by atoms with van der Waals surface area (Å²) in [6.45, 7) is 6.81. The van der Waals surface area contributed by atoms with E-state index >= 15 is 0 Å². The molecule has 0 aliphatic carbocycles. The number of anilines is 2. The van der Waals surface area contributed by atoms with Crippen LogP contribution in [0, 0.1) is 0 Å². The van der Waals surface area contributed by atoms with Gasteiger partial charge in [-0.15, -0.1) is 0 Å². The molecule has 1 aromatic carbocycles. The summed E-state index contributed by atoms with van der Waals surface area (Å²) in [5.41, 5.74) is 7.20. The molecule has 6 heteroatoms. The number of hydrogen-bond donors (Lipinski definition) is 3. The van der Waals surface area contributed by atoms with Crippen LogP contribution in [-0.2, 0) is 4.74 Å². The molecule has 0 aliphatic heterocycles. The summed E-state index contributed by atoms with van der Waals surface area (Å²) < 4.78 is 5.18. The maximum Gasteiger partial charge on any atom is 0.407 e. The Morgan fingerprint density at radius 3 is 2.74 bits per heavy atom. The first-order chi connectivity index (χ1) is 10.9. The second kappa shape index (κ2) is 7.17. The van der Waals surface area contributed by atoms with Gasteiger partial charge < -0.3 is 21.1 Å². The van der Waals surface area contributed by atoms with E-state index in [4.69, 9.17) is 10.5 Å². The Bertz CT molecular complexity index is 680. The molecule has 0 atom stereocenters. The first-order valence-corrected chi connectivity index (χ1v) is 7.70. The van der Waals surface area contributed by atoms with E-state index in [9.17, 15) is 4.79 Å². The number of hydrogen-bond acceptors (Lipinski definition) is 5. The molecule has 124 valence electrons. The Balaban J connectivity index is 1.81. The number of nitrogens with zero attached hydrogens (tertiary/aromatic N) is 1. The predicted molar refractivity (Wildman–Crippen MR) is 93.5 cm³/mol. The van der Waals surface area contributed by atoms with Gasteiger partial charge in [0.05, 0.1) is 0 Å². The zero-order chi connectivity index (χ0) is 16.9. The normalized spacial score (nSPS) is 11.3. The minimum Gasteiger partial charge on any atom is -0.444 e. The number of carbonyl (C=O) groups is 1. The third-order valence-corrected chi connectivity index (χ3v) is 3.19. The van der Waals surface area contributed by atoms with Crippen molar-refractivity contribution < 1.29 is 9.53 Å². The molecule has 4 N–H and O–H groups in total. The van der Waals surface area contributed by atoms with Gasteiger partial charge in [0.25, 0.3) is 0 Å². The van der Waals surface area contributed by atoms with E-state index in [2.05, 4.69) is 15.6 Å². The number of ether oxygens (including phenoxy) is 1. The SMILES string of the molecule is CC(C)(C)OC(=O)NCCCNc1ccc(N)c2cnccc12. The van der Waals surface area contributed by atoms with E-state index in [-0.39, 0.29) is 6.09 Å². The topological polar surface area (TPSA) is 89.3 Å². The smallest absolute Gasteiger partial charge is 0.407 e. The van der Waals surface area contributed by atoms with E-state index in [0.29, 0.717) is 12.2 Å². The second-order valence-corrected chi connectivity index (χ2v) is 6.33. The summed E-state index contributed by atoms with van der Waals surface area (Å²) >= 11 is 0. The van der Waals surface area contributed by atoms with Gasteiger partial charge in [-0.25, -0.2) is 4.79 Å². The van der Waals surface area contributed by atoms with Crippen molar-refractivity contribution in [2.24, 2.45) is 0 Å². The van der Waals surface area contributed by atoms with Crippen LogP contribution in [0.15, 0.2) is 30.6 Å². The van der Waals surface area contributed by atoms with E-state index < -0.39 is 5.60 Å². The molecule has 0 radical (unpaired) electrons. The van der Waals surface area contributed by atoms with Gasteiger partial charge in [-0.3, -0.25) is 4.98 Å². The summed E-state index contributed by atoms with van der Waals surface area (Å²) in [4.78, 5) is 15.6. The van der Waals surface area contributed by atoms with Gasteiger partial charge in [-0.2, -0.15) is 0 Å². The first kappa shape index (κ1) is 16.9.